The minimum absolute atomic E-state index is 0.0943. The summed E-state index contributed by atoms with van der Waals surface area (Å²) in [7, 11) is 1.57. The Morgan fingerprint density at radius 2 is 2.08 bits per heavy atom. The van der Waals surface area contributed by atoms with Gasteiger partial charge >= 0.3 is 12.1 Å². The number of ether oxygens (including phenoxy) is 3. The molecule has 0 bridgehead atoms. The van der Waals surface area contributed by atoms with Gasteiger partial charge in [-0.1, -0.05) is 30.7 Å². The number of benzene rings is 1. The first kappa shape index (κ1) is 28.5. The van der Waals surface area contributed by atoms with Crippen LogP contribution in [0.3, 0.4) is 0 Å². The predicted octanol–water partition coefficient (Wildman–Crippen LogP) is 4.57. The van der Waals surface area contributed by atoms with Crippen molar-refractivity contribution in [3.05, 3.63) is 41.6 Å². The normalized spacial score (nSPS) is 24.2. The number of rotatable bonds is 12. The Morgan fingerprint density at radius 1 is 1.28 bits per heavy atom. The zero-order valence-electron chi connectivity index (χ0n) is 22.1. The number of aliphatic carboxylic acids is 1. The Hall–Kier alpha value is -3.53. The van der Waals surface area contributed by atoms with E-state index >= 15 is 0 Å². The number of hydrogen-bond acceptors (Lipinski definition) is 7. The third kappa shape index (κ3) is 6.38. The van der Waals surface area contributed by atoms with E-state index in [1.807, 2.05) is 31.2 Å². The van der Waals surface area contributed by atoms with Crippen molar-refractivity contribution in [3.63, 3.8) is 0 Å². The van der Waals surface area contributed by atoms with Gasteiger partial charge in [-0.05, 0) is 67.7 Å². The van der Waals surface area contributed by atoms with E-state index in [4.69, 9.17) is 31.5 Å². The van der Waals surface area contributed by atoms with Gasteiger partial charge in [-0.2, -0.15) is 0 Å². The summed E-state index contributed by atoms with van der Waals surface area (Å²) in [6.45, 7) is 2.21. The number of methoxy groups -OCH3 is 1. The SMILES string of the molecule is CC[C@]1(C(=O)O)C[C@H]1/C=C\CCCCOC(=O)N1C[C@H](Oc2nc(Cl)cc3cc(OC)ccc23)C[C@H]1C(N)=O. The van der Waals surface area contributed by atoms with Crippen LogP contribution in [0.5, 0.6) is 11.6 Å². The van der Waals surface area contributed by atoms with Gasteiger partial charge in [0.25, 0.3) is 0 Å². The van der Waals surface area contributed by atoms with Crippen LogP contribution in [0.25, 0.3) is 10.8 Å². The number of pyridine rings is 1. The molecule has 11 heteroatoms. The number of carboxylic acids is 1. The summed E-state index contributed by atoms with van der Waals surface area (Å²) in [4.78, 5) is 41.9. The zero-order valence-corrected chi connectivity index (χ0v) is 22.9. The van der Waals surface area contributed by atoms with Crippen LogP contribution in [0.1, 0.15) is 45.4 Å². The molecule has 39 heavy (non-hydrogen) atoms. The molecule has 0 radical (unpaired) electrons. The molecule has 0 unspecified atom stereocenters. The molecule has 4 rings (SSSR count). The van der Waals surface area contributed by atoms with Crippen LogP contribution in [0.2, 0.25) is 5.15 Å². The van der Waals surface area contributed by atoms with Crippen LogP contribution in [0.4, 0.5) is 4.79 Å². The fourth-order valence-electron chi connectivity index (χ4n) is 5.16. The molecule has 4 atom stereocenters. The molecule has 210 valence electrons. The second-order valence-electron chi connectivity index (χ2n) is 10.0. The predicted molar refractivity (Wildman–Crippen MR) is 145 cm³/mol. The summed E-state index contributed by atoms with van der Waals surface area (Å²) in [6.07, 6.45) is 6.54. The van der Waals surface area contributed by atoms with Gasteiger partial charge < -0.3 is 25.1 Å². The number of aromatic nitrogens is 1. The number of fused-ring (bicyclic) bond motifs is 1. The van der Waals surface area contributed by atoms with E-state index in [1.165, 1.54) is 4.90 Å². The largest absolute Gasteiger partial charge is 0.497 e. The van der Waals surface area contributed by atoms with Crippen LogP contribution in [-0.4, -0.2) is 65.4 Å². The van der Waals surface area contributed by atoms with Crippen molar-refractivity contribution >= 4 is 40.3 Å². The summed E-state index contributed by atoms with van der Waals surface area (Å²) in [5.41, 5.74) is 4.98. The number of carboxylic acid groups (broad SMARTS) is 1. The van der Waals surface area contributed by atoms with Crippen LogP contribution in [0, 0.1) is 11.3 Å². The number of allylic oxidation sites excluding steroid dienone is 2. The Balaban J connectivity index is 1.27. The average molecular weight is 560 g/mol. The summed E-state index contributed by atoms with van der Waals surface area (Å²) >= 11 is 6.20. The Kier molecular flexibility index (Phi) is 8.84. The van der Waals surface area contributed by atoms with E-state index in [-0.39, 0.29) is 30.6 Å². The first-order valence-electron chi connectivity index (χ1n) is 13.1. The fraction of sp³-hybridized carbons (Fsp3) is 0.500. The highest BCUT2D eigenvalue weighted by molar-refractivity contribution is 6.30. The third-order valence-corrected chi connectivity index (χ3v) is 7.82. The van der Waals surface area contributed by atoms with Gasteiger partial charge in [-0.15, -0.1) is 0 Å². The van der Waals surface area contributed by atoms with E-state index in [2.05, 4.69) is 4.98 Å². The maximum absolute atomic E-state index is 12.8. The van der Waals surface area contributed by atoms with Crippen molar-refractivity contribution in [2.75, 3.05) is 20.3 Å². The van der Waals surface area contributed by atoms with Crippen molar-refractivity contribution in [2.24, 2.45) is 17.1 Å². The minimum atomic E-state index is -0.859. The fourth-order valence-corrected chi connectivity index (χ4v) is 5.35. The van der Waals surface area contributed by atoms with E-state index in [9.17, 15) is 19.5 Å². The van der Waals surface area contributed by atoms with Gasteiger partial charge in [0.15, 0.2) is 0 Å². The molecule has 1 aromatic heterocycles. The number of likely N-dealkylation sites (tertiary alicyclic amines) is 1. The highest BCUT2D eigenvalue weighted by Crippen LogP contribution is 2.56. The molecule has 0 spiro atoms. The van der Waals surface area contributed by atoms with E-state index in [0.717, 1.165) is 23.6 Å². The molecule has 1 aliphatic heterocycles. The molecule has 2 amide bonds. The second-order valence-corrected chi connectivity index (χ2v) is 10.4. The molecule has 1 aliphatic carbocycles. The third-order valence-electron chi connectivity index (χ3n) is 7.63. The van der Waals surface area contributed by atoms with Crippen molar-refractivity contribution < 1.29 is 33.7 Å². The van der Waals surface area contributed by atoms with Gasteiger partial charge in [0.05, 0.1) is 25.7 Å². The maximum Gasteiger partial charge on any atom is 0.410 e. The smallest absolute Gasteiger partial charge is 0.410 e. The molecular weight excluding hydrogens is 526 g/mol. The molecule has 1 saturated heterocycles. The summed E-state index contributed by atoms with van der Waals surface area (Å²) in [6, 6.07) is 6.25. The lowest BCUT2D eigenvalue weighted by Gasteiger charge is -2.21. The molecule has 1 saturated carbocycles. The number of unbranched alkanes of at least 4 members (excludes halogenated alkanes) is 2. The van der Waals surface area contributed by atoms with Gasteiger partial charge in [-0.25, -0.2) is 9.78 Å². The number of primary amides is 1. The molecule has 2 aromatic rings. The number of halogens is 1. The lowest BCUT2D eigenvalue weighted by atomic mass is 10.0. The lowest BCUT2D eigenvalue weighted by Crippen LogP contribution is -2.44. The van der Waals surface area contributed by atoms with E-state index in [0.29, 0.717) is 30.9 Å². The van der Waals surface area contributed by atoms with Crippen LogP contribution in [0.15, 0.2) is 36.4 Å². The first-order chi connectivity index (χ1) is 18.7. The average Bonchev–Trinajstić information content (AvgIpc) is 3.48. The molecule has 2 fully saturated rings. The number of nitrogens with two attached hydrogens (primary N) is 1. The summed E-state index contributed by atoms with van der Waals surface area (Å²) in [5, 5.41) is 11.1. The van der Waals surface area contributed by atoms with Crippen LogP contribution in [-0.2, 0) is 14.3 Å². The second kappa shape index (κ2) is 12.1. The van der Waals surface area contributed by atoms with Crippen LogP contribution < -0.4 is 15.2 Å². The number of hydrogen-bond donors (Lipinski definition) is 2. The first-order valence-corrected chi connectivity index (χ1v) is 13.5. The zero-order chi connectivity index (χ0) is 28.2. The molecule has 10 nitrogen and oxygen atoms in total. The molecule has 1 aromatic carbocycles. The summed E-state index contributed by atoms with van der Waals surface area (Å²) in [5.74, 6) is -0.316. The van der Waals surface area contributed by atoms with Gasteiger partial charge in [-0.3, -0.25) is 14.5 Å². The standard InChI is InChI=1S/C28H34ClN3O7/c1-3-28(26(34)35)15-18(28)8-6-4-5-7-11-38-27(36)32-16-20(14-22(32)24(30)33)39-25-21-10-9-19(37-2)12-17(21)13-23(29)31-25/h6,8-10,12-13,18,20,22H,3-5,7,11,14-16H2,1-2H3,(H2,30,33)(H,34,35)/b8-6-/t18-,20-,22+,28+/m1/s1. The Morgan fingerprint density at radius 3 is 2.74 bits per heavy atom. The number of amides is 2. The number of nitrogens with zero attached hydrogens (tertiary/aromatic N) is 2. The topological polar surface area (TPSA) is 141 Å². The van der Waals surface area contributed by atoms with Crippen molar-refractivity contribution in [2.45, 2.75) is 57.6 Å². The molecular formula is C28H34ClN3O7. The minimum Gasteiger partial charge on any atom is -0.497 e. The quantitative estimate of drug-likeness (QED) is 0.219. The Bertz CT molecular complexity index is 1270. The van der Waals surface area contributed by atoms with Gasteiger partial charge in [0.2, 0.25) is 11.8 Å². The monoisotopic (exact) mass is 559 g/mol. The number of carbonyl (C=O) groups is 3. The van der Waals surface area contributed by atoms with Gasteiger partial charge in [0.1, 0.15) is 23.0 Å². The van der Waals surface area contributed by atoms with Crippen molar-refractivity contribution in [3.8, 4) is 11.6 Å². The Labute approximate surface area is 232 Å². The highest BCUT2D eigenvalue weighted by atomic mass is 35.5. The maximum atomic E-state index is 12.8. The van der Waals surface area contributed by atoms with E-state index < -0.39 is 35.5 Å². The molecule has 2 aliphatic rings. The van der Waals surface area contributed by atoms with Crippen molar-refractivity contribution in [1.82, 2.24) is 9.88 Å². The lowest BCUT2D eigenvalue weighted by molar-refractivity contribution is -0.143. The molecule has 2 heterocycles. The van der Waals surface area contributed by atoms with Gasteiger partial charge in [0, 0.05) is 11.8 Å². The number of carbonyl (C=O) groups excluding carboxylic acids is 2. The van der Waals surface area contributed by atoms with E-state index in [1.54, 1.807) is 19.2 Å². The highest BCUT2D eigenvalue weighted by Gasteiger charge is 2.57. The van der Waals surface area contributed by atoms with Crippen molar-refractivity contribution in [1.29, 1.82) is 0 Å². The van der Waals surface area contributed by atoms with Crippen LogP contribution >= 0.6 is 11.6 Å². The summed E-state index contributed by atoms with van der Waals surface area (Å²) < 4.78 is 16.8. The molecule has 3 N–H and O–H groups in total.